The van der Waals surface area contributed by atoms with Crippen LogP contribution in [0.15, 0.2) is 55.0 Å². The van der Waals surface area contributed by atoms with Crippen molar-refractivity contribution in [2.24, 2.45) is 5.92 Å². The zero-order chi connectivity index (χ0) is 20.5. The molecule has 7 heteroatoms. The van der Waals surface area contributed by atoms with Crippen molar-refractivity contribution in [1.82, 2.24) is 19.9 Å². The van der Waals surface area contributed by atoms with E-state index in [1.165, 1.54) is 12.4 Å². The summed E-state index contributed by atoms with van der Waals surface area (Å²) in [5.41, 5.74) is 2.54. The second kappa shape index (κ2) is 7.67. The minimum atomic E-state index is -0.454. The molecule has 0 atom stereocenters. The van der Waals surface area contributed by atoms with E-state index in [1.54, 1.807) is 18.3 Å². The molecule has 0 unspecified atom stereocenters. The van der Waals surface area contributed by atoms with Gasteiger partial charge in [-0.25, -0.2) is 14.4 Å². The SMILES string of the molecule is O=C(Cc1ccc(Oc2ncnc3[nH]c(-c4ccccn4)cc23)cc1F)CC1CC1. The second-order valence-electron chi connectivity index (χ2n) is 7.56. The number of ketones is 1. The summed E-state index contributed by atoms with van der Waals surface area (Å²) in [4.78, 5) is 28.0. The van der Waals surface area contributed by atoms with E-state index >= 15 is 0 Å². The van der Waals surface area contributed by atoms with Gasteiger partial charge in [0.15, 0.2) is 0 Å². The first-order chi connectivity index (χ1) is 14.7. The Morgan fingerprint density at radius 1 is 1.13 bits per heavy atom. The van der Waals surface area contributed by atoms with Gasteiger partial charge in [-0.2, -0.15) is 0 Å². The van der Waals surface area contributed by atoms with Gasteiger partial charge in [-0.1, -0.05) is 12.1 Å². The molecule has 0 amide bonds. The second-order valence-corrected chi connectivity index (χ2v) is 7.56. The lowest BCUT2D eigenvalue weighted by Crippen LogP contribution is -2.05. The summed E-state index contributed by atoms with van der Waals surface area (Å²) >= 11 is 0. The van der Waals surface area contributed by atoms with Crippen molar-refractivity contribution in [1.29, 1.82) is 0 Å². The third-order valence-electron chi connectivity index (χ3n) is 5.17. The summed E-state index contributed by atoms with van der Waals surface area (Å²) in [7, 11) is 0. The predicted molar refractivity (Wildman–Crippen MR) is 110 cm³/mol. The number of hydrogen-bond donors (Lipinski definition) is 1. The number of hydrogen-bond acceptors (Lipinski definition) is 5. The third-order valence-corrected chi connectivity index (χ3v) is 5.17. The third kappa shape index (κ3) is 3.91. The van der Waals surface area contributed by atoms with Gasteiger partial charge in [0.1, 0.15) is 29.3 Å². The predicted octanol–water partition coefficient (Wildman–Crippen LogP) is 4.86. The Bertz CT molecular complexity index is 1220. The molecule has 1 aromatic carbocycles. The Labute approximate surface area is 172 Å². The average Bonchev–Trinajstić information content (AvgIpc) is 3.44. The van der Waals surface area contributed by atoms with Gasteiger partial charge < -0.3 is 9.72 Å². The summed E-state index contributed by atoms with van der Waals surface area (Å²) in [6.45, 7) is 0. The molecule has 3 heterocycles. The molecule has 0 bridgehead atoms. The van der Waals surface area contributed by atoms with Crippen molar-refractivity contribution in [2.75, 3.05) is 0 Å². The highest BCUT2D eigenvalue weighted by Crippen LogP contribution is 2.33. The molecule has 5 rings (SSSR count). The van der Waals surface area contributed by atoms with Crippen molar-refractivity contribution in [3.63, 3.8) is 0 Å². The van der Waals surface area contributed by atoms with E-state index < -0.39 is 5.82 Å². The first kappa shape index (κ1) is 18.4. The van der Waals surface area contributed by atoms with Crippen LogP contribution in [0.3, 0.4) is 0 Å². The molecule has 0 radical (unpaired) electrons. The van der Waals surface area contributed by atoms with E-state index in [9.17, 15) is 9.18 Å². The number of ether oxygens (including phenoxy) is 1. The fourth-order valence-corrected chi connectivity index (χ4v) is 3.43. The Morgan fingerprint density at radius 3 is 2.80 bits per heavy atom. The van der Waals surface area contributed by atoms with E-state index in [2.05, 4.69) is 19.9 Å². The summed E-state index contributed by atoms with van der Waals surface area (Å²) in [6.07, 6.45) is 5.97. The first-order valence-corrected chi connectivity index (χ1v) is 9.89. The normalized spacial score (nSPS) is 13.5. The summed E-state index contributed by atoms with van der Waals surface area (Å²) in [5, 5.41) is 0.669. The molecular formula is C23H19FN4O2. The Hall–Kier alpha value is -3.61. The molecular weight excluding hydrogens is 383 g/mol. The number of pyridine rings is 1. The van der Waals surface area contributed by atoms with E-state index in [0.29, 0.717) is 40.6 Å². The van der Waals surface area contributed by atoms with Crippen LogP contribution in [-0.2, 0) is 11.2 Å². The number of Topliss-reactive ketones (excluding diaryl/α,β-unsaturated/α-hetero) is 1. The number of carbonyl (C=O) groups excluding carboxylic acids is 1. The van der Waals surface area contributed by atoms with Crippen LogP contribution >= 0.6 is 0 Å². The molecule has 0 aliphatic heterocycles. The average molecular weight is 402 g/mol. The number of halogens is 1. The highest BCUT2D eigenvalue weighted by molar-refractivity contribution is 5.86. The molecule has 6 nitrogen and oxygen atoms in total. The number of rotatable bonds is 7. The molecule has 1 N–H and O–H groups in total. The maximum Gasteiger partial charge on any atom is 0.231 e. The van der Waals surface area contributed by atoms with Crippen molar-refractivity contribution >= 4 is 16.8 Å². The van der Waals surface area contributed by atoms with Crippen LogP contribution in [0.25, 0.3) is 22.4 Å². The molecule has 1 fully saturated rings. The zero-order valence-electron chi connectivity index (χ0n) is 16.1. The van der Waals surface area contributed by atoms with Crippen LogP contribution < -0.4 is 4.74 Å². The molecule has 0 spiro atoms. The van der Waals surface area contributed by atoms with Crippen LogP contribution in [0, 0.1) is 11.7 Å². The summed E-state index contributed by atoms with van der Waals surface area (Å²) in [5.74, 6) is 0.754. The number of aromatic nitrogens is 4. The number of carbonyl (C=O) groups is 1. The van der Waals surface area contributed by atoms with Gasteiger partial charge in [0.05, 0.1) is 16.8 Å². The standard InChI is InChI=1S/C23H19FN4O2/c24-19-11-17(7-6-15(19)10-16(29)9-14-4-5-14)30-23-18-12-21(20-3-1-2-8-25-20)28-22(18)26-13-27-23/h1-3,6-8,11-14H,4-5,9-10H2,(H,26,27,28). The zero-order valence-corrected chi connectivity index (χ0v) is 16.1. The van der Waals surface area contributed by atoms with Gasteiger partial charge in [-0.05, 0) is 48.6 Å². The number of fused-ring (bicyclic) bond motifs is 1. The lowest BCUT2D eigenvalue weighted by atomic mass is 10.0. The lowest BCUT2D eigenvalue weighted by Gasteiger charge is -2.08. The molecule has 3 aromatic heterocycles. The van der Waals surface area contributed by atoms with Gasteiger partial charge in [-0.3, -0.25) is 9.78 Å². The number of benzene rings is 1. The lowest BCUT2D eigenvalue weighted by molar-refractivity contribution is -0.118. The van der Waals surface area contributed by atoms with Crippen molar-refractivity contribution < 1.29 is 13.9 Å². The van der Waals surface area contributed by atoms with Gasteiger partial charge in [-0.15, -0.1) is 0 Å². The monoisotopic (exact) mass is 402 g/mol. The fourth-order valence-electron chi connectivity index (χ4n) is 3.43. The van der Waals surface area contributed by atoms with Crippen LogP contribution in [0.4, 0.5) is 4.39 Å². The number of H-pyrrole nitrogens is 1. The quantitative estimate of drug-likeness (QED) is 0.477. The minimum Gasteiger partial charge on any atom is -0.438 e. The van der Waals surface area contributed by atoms with E-state index in [0.717, 1.165) is 24.2 Å². The van der Waals surface area contributed by atoms with Crippen LogP contribution in [0.1, 0.15) is 24.8 Å². The highest BCUT2D eigenvalue weighted by Gasteiger charge is 2.24. The van der Waals surface area contributed by atoms with Gasteiger partial charge >= 0.3 is 0 Å². The van der Waals surface area contributed by atoms with Crippen LogP contribution in [-0.4, -0.2) is 25.7 Å². The molecule has 150 valence electrons. The van der Waals surface area contributed by atoms with Crippen molar-refractivity contribution in [3.05, 3.63) is 66.4 Å². The molecule has 0 saturated heterocycles. The topological polar surface area (TPSA) is 80.8 Å². The van der Waals surface area contributed by atoms with E-state index in [4.69, 9.17) is 4.74 Å². The summed E-state index contributed by atoms with van der Waals surface area (Å²) < 4.78 is 20.4. The first-order valence-electron chi connectivity index (χ1n) is 9.89. The van der Waals surface area contributed by atoms with Gasteiger partial charge in [0.25, 0.3) is 0 Å². The maximum absolute atomic E-state index is 14.5. The Balaban J connectivity index is 1.38. The fraction of sp³-hybridized carbons (Fsp3) is 0.217. The molecule has 4 aromatic rings. The van der Waals surface area contributed by atoms with Gasteiger partial charge in [0, 0.05) is 25.1 Å². The summed E-state index contributed by atoms with van der Waals surface area (Å²) in [6, 6.07) is 12.0. The van der Waals surface area contributed by atoms with Crippen LogP contribution in [0.5, 0.6) is 11.6 Å². The number of nitrogens with one attached hydrogen (secondary N) is 1. The van der Waals surface area contributed by atoms with E-state index in [1.807, 2.05) is 24.3 Å². The van der Waals surface area contributed by atoms with Gasteiger partial charge in [0.2, 0.25) is 5.88 Å². The molecule has 1 aliphatic rings. The molecule has 1 aliphatic carbocycles. The smallest absolute Gasteiger partial charge is 0.231 e. The molecule has 1 saturated carbocycles. The minimum absolute atomic E-state index is 0.0805. The van der Waals surface area contributed by atoms with Crippen LogP contribution in [0.2, 0.25) is 0 Å². The molecule has 30 heavy (non-hydrogen) atoms. The van der Waals surface area contributed by atoms with Crippen molar-refractivity contribution in [2.45, 2.75) is 25.7 Å². The largest absolute Gasteiger partial charge is 0.438 e. The van der Waals surface area contributed by atoms with Crippen molar-refractivity contribution in [3.8, 4) is 23.0 Å². The highest BCUT2D eigenvalue weighted by atomic mass is 19.1. The number of aromatic amines is 1. The Kier molecular flexibility index (Phi) is 4.71. The maximum atomic E-state index is 14.5. The van der Waals surface area contributed by atoms with E-state index in [-0.39, 0.29) is 12.2 Å². The number of nitrogens with zero attached hydrogens (tertiary/aromatic N) is 3. The Morgan fingerprint density at radius 2 is 2.03 bits per heavy atom.